The van der Waals surface area contributed by atoms with Gasteiger partial charge in [-0.25, -0.2) is 4.39 Å². The monoisotopic (exact) mass is 258 g/mol. The topological polar surface area (TPSA) is 29.5 Å². The maximum atomic E-state index is 13.4. The third-order valence-electron chi connectivity index (χ3n) is 3.57. The molecule has 0 aromatic heterocycles. The smallest absolute Gasteiger partial charge is 0.127 e. The summed E-state index contributed by atoms with van der Waals surface area (Å²) in [4.78, 5) is 0. The van der Waals surface area contributed by atoms with Crippen molar-refractivity contribution in [2.24, 2.45) is 0 Å². The normalized spacial score (nSPS) is 21.6. The zero-order valence-corrected chi connectivity index (χ0v) is 10.6. The minimum atomic E-state index is -0.572. The number of halogens is 1. The first-order valence-corrected chi connectivity index (χ1v) is 6.35. The van der Waals surface area contributed by atoms with Gasteiger partial charge in [0.1, 0.15) is 17.7 Å². The summed E-state index contributed by atoms with van der Waals surface area (Å²) in [6, 6.07) is 12.1. The molecule has 1 aliphatic rings. The van der Waals surface area contributed by atoms with Crippen LogP contribution in [0.15, 0.2) is 42.5 Å². The fourth-order valence-corrected chi connectivity index (χ4v) is 2.54. The van der Waals surface area contributed by atoms with Gasteiger partial charge < -0.3 is 9.84 Å². The molecule has 1 N–H and O–H groups in total. The van der Waals surface area contributed by atoms with Crippen LogP contribution in [0.25, 0.3) is 0 Å². The number of hydrogen-bond acceptors (Lipinski definition) is 2. The van der Waals surface area contributed by atoms with E-state index in [0.29, 0.717) is 12.2 Å². The second-order valence-electron chi connectivity index (χ2n) is 4.90. The molecule has 0 aliphatic carbocycles. The lowest BCUT2D eigenvalue weighted by atomic mass is 9.93. The Kier molecular flexibility index (Phi) is 2.99. The van der Waals surface area contributed by atoms with Gasteiger partial charge in [-0.15, -0.1) is 0 Å². The van der Waals surface area contributed by atoms with Crippen molar-refractivity contribution in [2.75, 3.05) is 0 Å². The third kappa shape index (κ3) is 2.22. The molecule has 19 heavy (non-hydrogen) atoms. The van der Waals surface area contributed by atoms with E-state index in [1.165, 1.54) is 12.1 Å². The number of fused-ring (bicyclic) bond motifs is 1. The zero-order valence-electron chi connectivity index (χ0n) is 10.6. The van der Waals surface area contributed by atoms with Gasteiger partial charge in [0.05, 0.1) is 6.10 Å². The van der Waals surface area contributed by atoms with Crippen LogP contribution in [0, 0.1) is 12.7 Å². The maximum Gasteiger partial charge on any atom is 0.127 e. The number of aliphatic hydroxyl groups excluding tert-OH is 1. The van der Waals surface area contributed by atoms with Crippen molar-refractivity contribution in [1.82, 2.24) is 0 Å². The second kappa shape index (κ2) is 4.67. The summed E-state index contributed by atoms with van der Waals surface area (Å²) in [7, 11) is 0. The van der Waals surface area contributed by atoms with E-state index in [9.17, 15) is 9.50 Å². The lowest BCUT2D eigenvalue weighted by molar-refractivity contribution is 0.0653. The minimum Gasteiger partial charge on any atom is -0.485 e. The standard InChI is InChI=1S/C16H15FO2/c1-10-6-7-11(17)8-13(10)16-9-14(18)12-4-2-3-5-15(12)19-16/h2-8,14,16,18H,9H2,1H3/t14-,16?/m0/s1. The number of hydrogen-bond donors (Lipinski definition) is 1. The highest BCUT2D eigenvalue weighted by Gasteiger charge is 2.28. The molecule has 0 bridgehead atoms. The van der Waals surface area contributed by atoms with Crippen molar-refractivity contribution in [3.05, 3.63) is 65.0 Å². The van der Waals surface area contributed by atoms with Gasteiger partial charge in [0.25, 0.3) is 0 Å². The van der Waals surface area contributed by atoms with E-state index in [1.54, 1.807) is 6.07 Å². The number of ether oxygens (including phenoxy) is 1. The summed E-state index contributed by atoms with van der Waals surface area (Å²) < 4.78 is 19.3. The molecule has 1 heterocycles. The van der Waals surface area contributed by atoms with E-state index in [0.717, 1.165) is 16.7 Å². The van der Waals surface area contributed by atoms with Gasteiger partial charge in [0.15, 0.2) is 0 Å². The first-order chi connectivity index (χ1) is 9.15. The van der Waals surface area contributed by atoms with Gasteiger partial charge in [0.2, 0.25) is 0 Å². The van der Waals surface area contributed by atoms with Crippen molar-refractivity contribution in [3.8, 4) is 5.75 Å². The van der Waals surface area contributed by atoms with Gasteiger partial charge in [0, 0.05) is 12.0 Å². The molecule has 3 heteroatoms. The largest absolute Gasteiger partial charge is 0.485 e. The lowest BCUT2D eigenvalue weighted by Crippen LogP contribution is -2.19. The van der Waals surface area contributed by atoms with E-state index in [1.807, 2.05) is 31.2 Å². The van der Waals surface area contributed by atoms with Gasteiger partial charge >= 0.3 is 0 Å². The van der Waals surface area contributed by atoms with Crippen molar-refractivity contribution in [1.29, 1.82) is 0 Å². The van der Waals surface area contributed by atoms with E-state index in [4.69, 9.17) is 4.74 Å². The summed E-state index contributed by atoms with van der Waals surface area (Å²) in [6.07, 6.45) is -0.431. The average Bonchev–Trinajstić information content (AvgIpc) is 2.41. The SMILES string of the molecule is Cc1ccc(F)cc1C1C[C@H](O)c2ccccc2O1. The summed E-state index contributed by atoms with van der Waals surface area (Å²) in [6.45, 7) is 1.92. The Balaban J connectivity index is 1.99. The van der Waals surface area contributed by atoms with E-state index in [-0.39, 0.29) is 11.9 Å². The fraction of sp³-hybridized carbons (Fsp3) is 0.250. The molecule has 2 atom stereocenters. The van der Waals surface area contributed by atoms with Crippen LogP contribution in [0.3, 0.4) is 0 Å². The average molecular weight is 258 g/mol. The molecule has 0 amide bonds. The van der Waals surface area contributed by atoms with Crippen LogP contribution in [-0.4, -0.2) is 5.11 Å². The summed E-state index contributed by atoms with van der Waals surface area (Å²) in [5.41, 5.74) is 2.57. The Labute approximate surface area is 111 Å². The molecule has 0 radical (unpaired) electrons. The molecule has 2 aromatic carbocycles. The number of para-hydroxylation sites is 1. The van der Waals surface area contributed by atoms with Crippen LogP contribution in [0.5, 0.6) is 5.75 Å². The summed E-state index contributed by atoms with van der Waals surface area (Å²) >= 11 is 0. The maximum absolute atomic E-state index is 13.4. The molecule has 1 unspecified atom stereocenters. The Morgan fingerprint density at radius 2 is 1.95 bits per heavy atom. The molecule has 1 aliphatic heterocycles. The van der Waals surface area contributed by atoms with Crippen molar-refractivity contribution in [2.45, 2.75) is 25.6 Å². The van der Waals surface area contributed by atoms with Crippen LogP contribution in [0.4, 0.5) is 4.39 Å². The molecule has 2 nitrogen and oxygen atoms in total. The number of rotatable bonds is 1. The highest BCUT2D eigenvalue weighted by Crippen LogP contribution is 2.41. The molecule has 0 saturated carbocycles. The Morgan fingerprint density at radius 3 is 2.79 bits per heavy atom. The minimum absolute atomic E-state index is 0.280. The van der Waals surface area contributed by atoms with E-state index in [2.05, 4.69) is 0 Å². The van der Waals surface area contributed by atoms with Crippen molar-refractivity contribution >= 4 is 0 Å². The molecule has 3 rings (SSSR count). The summed E-state index contributed by atoms with van der Waals surface area (Å²) in [5, 5.41) is 10.2. The molecule has 0 spiro atoms. The van der Waals surface area contributed by atoms with E-state index < -0.39 is 6.10 Å². The van der Waals surface area contributed by atoms with Crippen LogP contribution in [0.1, 0.15) is 35.3 Å². The molecule has 0 fully saturated rings. The van der Waals surface area contributed by atoms with Crippen LogP contribution < -0.4 is 4.74 Å². The van der Waals surface area contributed by atoms with Gasteiger partial charge in [-0.1, -0.05) is 24.3 Å². The second-order valence-corrected chi connectivity index (χ2v) is 4.90. The molecular formula is C16H15FO2. The molecule has 2 aromatic rings. The predicted molar refractivity (Wildman–Crippen MR) is 70.5 cm³/mol. The lowest BCUT2D eigenvalue weighted by Gasteiger charge is -2.30. The quantitative estimate of drug-likeness (QED) is 0.845. The highest BCUT2D eigenvalue weighted by molar-refractivity contribution is 5.39. The zero-order chi connectivity index (χ0) is 13.4. The van der Waals surface area contributed by atoms with Crippen LogP contribution in [-0.2, 0) is 0 Å². The predicted octanol–water partition coefficient (Wildman–Crippen LogP) is 3.69. The fourth-order valence-electron chi connectivity index (χ4n) is 2.54. The number of benzene rings is 2. The number of aryl methyl sites for hydroxylation is 1. The highest BCUT2D eigenvalue weighted by atomic mass is 19.1. The molecular weight excluding hydrogens is 243 g/mol. The van der Waals surface area contributed by atoms with Crippen LogP contribution in [0.2, 0.25) is 0 Å². The number of aliphatic hydroxyl groups is 1. The van der Waals surface area contributed by atoms with Gasteiger partial charge in [-0.2, -0.15) is 0 Å². The Bertz CT molecular complexity index is 609. The van der Waals surface area contributed by atoms with Gasteiger partial charge in [-0.05, 0) is 36.2 Å². The Hall–Kier alpha value is -1.87. The molecule has 0 saturated heterocycles. The van der Waals surface area contributed by atoms with Crippen LogP contribution >= 0.6 is 0 Å². The summed E-state index contributed by atoms with van der Waals surface area (Å²) in [5.74, 6) is 0.396. The third-order valence-corrected chi connectivity index (χ3v) is 3.57. The Morgan fingerprint density at radius 1 is 1.16 bits per heavy atom. The van der Waals surface area contributed by atoms with E-state index >= 15 is 0 Å². The van der Waals surface area contributed by atoms with Crippen molar-refractivity contribution < 1.29 is 14.2 Å². The van der Waals surface area contributed by atoms with Gasteiger partial charge in [-0.3, -0.25) is 0 Å². The first kappa shape index (κ1) is 12.2. The molecule has 98 valence electrons. The first-order valence-electron chi connectivity index (χ1n) is 6.35. The van der Waals surface area contributed by atoms with Crippen molar-refractivity contribution in [3.63, 3.8) is 0 Å².